The standard InChI is InChI=1S/C55H35N3/c1-3-9-36(10-4-1)37-20-22-40(23-21-37)51-34-52(58-55(57-51)44-11-5-2-6-12-44)48-32-46(39-18-16-38(17-19-39)45-15-8-30-56-35-45)31-47(33-48)49-28-26-43-25-24-41-13-7-14-42-27-29-50(49)54(43)53(41)42/h1-35H. The van der Waals surface area contributed by atoms with Gasteiger partial charge in [-0.15, -0.1) is 0 Å². The third kappa shape index (κ3) is 6.07. The van der Waals surface area contributed by atoms with Crippen molar-refractivity contribution in [1.82, 2.24) is 15.0 Å². The molecule has 0 saturated carbocycles. The van der Waals surface area contributed by atoms with Crippen LogP contribution in [0.1, 0.15) is 0 Å². The number of aromatic nitrogens is 3. The Bertz CT molecular complexity index is 3220. The molecule has 0 aliphatic heterocycles. The van der Waals surface area contributed by atoms with E-state index in [-0.39, 0.29) is 0 Å². The van der Waals surface area contributed by atoms with E-state index in [1.54, 1.807) is 0 Å². The van der Waals surface area contributed by atoms with Crippen LogP contribution in [0.5, 0.6) is 0 Å². The Kier molecular flexibility index (Phi) is 8.15. The molecule has 0 unspecified atom stereocenters. The number of benzene rings is 9. The summed E-state index contributed by atoms with van der Waals surface area (Å²) in [4.78, 5) is 14.8. The van der Waals surface area contributed by atoms with Gasteiger partial charge in [-0.1, -0.05) is 170 Å². The van der Waals surface area contributed by atoms with Crippen LogP contribution in [0.4, 0.5) is 0 Å². The molecule has 2 aromatic heterocycles. The molecule has 0 aliphatic rings. The van der Waals surface area contributed by atoms with Crippen LogP contribution >= 0.6 is 0 Å². The van der Waals surface area contributed by atoms with Gasteiger partial charge in [0.2, 0.25) is 0 Å². The van der Waals surface area contributed by atoms with Gasteiger partial charge in [0.1, 0.15) is 0 Å². The predicted molar refractivity (Wildman–Crippen MR) is 242 cm³/mol. The van der Waals surface area contributed by atoms with Crippen molar-refractivity contribution in [2.24, 2.45) is 0 Å². The highest BCUT2D eigenvalue weighted by Gasteiger charge is 2.17. The SMILES string of the molecule is c1ccc(-c2ccc(-c3cc(-c4cc(-c5ccc(-c6cccnc6)cc5)cc(-c5ccc6ccc7cccc8ccc5c6c78)c4)nc(-c4ccccc4)n3)cc2)cc1. The average Bonchev–Trinajstić information content (AvgIpc) is 3.31. The lowest BCUT2D eigenvalue weighted by Crippen LogP contribution is -1.97. The number of pyridine rings is 1. The van der Waals surface area contributed by atoms with E-state index in [0.717, 1.165) is 55.9 Å². The lowest BCUT2D eigenvalue weighted by molar-refractivity contribution is 1.18. The minimum Gasteiger partial charge on any atom is -0.264 e. The average molecular weight is 738 g/mol. The Morgan fingerprint density at radius 2 is 0.810 bits per heavy atom. The Labute approximate surface area is 337 Å². The summed E-state index contributed by atoms with van der Waals surface area (Å²) < 4.78 is 0. The van der Waals surface area contributed by atoms with Crippen LogP contribution in [0, 0.1) is 0 Å². The van der Waals surface area contributed by atoms with Crippen molar-refractivity contribution in [3.63, 3.8) is 0 Å². The molecule has 58 heavy (non-hydrogen) atoms. The van der Waals surface area contributed by atoms with Crippen LogP contribution in [-0.2, 0) is 0 Å². The molecule has 0 aliphatic carbocycles. The van der Waals surface area contributed by atoms with Gasteiger partial charge in [0, 0.05) is 29.1 Å². The largest absolute Gasteiger partial charge is 0.264 e. The molecule has 0 saturated heterocycles. The summed E-state index contributed by atoms with van der Waals surface area (Å²) >= 11 is 0. The number of hydrogen-bond acceptors (Lipinski definition) is 3. The first kappa shape index (κ1) is 33.6. The minimum atomic E-state index is 0.691. The van der Waals surface area contributed by atoms with Crippen LogP contribution in [0.15, 0.2) is 213 Å². The van der Waals surface area contributed by atoms with Crippen molar-refractivity contribution in [3.05, 3.63) is 213 Å². The predicted octanol–water partition coefficient (Wildman–Crippen LogP) is 14.4. The molecule has 0 N–H and O–H groups in total. The van der Waals surface area contributed by atoms with E-state index < -0.39 is 0 Å². The highest BCUT2D eigenvalue weighted by molar-refractivity contribution is 6.25. The van der Waals surface area contributed by atoms with E-state index in [1.165, 1.54) is 49.0 Å². The molecule has 270 valence electrons. The molecule has 11 aromatic rings. The van der Waals surface area contributed by atoms with Crippen LogP contribution in [0.2, 0.25) is 0 Å². The minimum absolute atomic E-state index is 0.691. The zero-order valence-corrected chi connectivity index (χ0v) is 31.5. The first-order chi connectivity index (χ1) is 28.7. The van der Waals surface area contributed by atoms with Crippen LogP contribution in [0.25, 0.3) is 111 Å². The Morgan fingerprint density at radius 1 is 0.293 bits per heavy atom. The summed E-state index contributed by atoms with van der Waals surface area (Å²) in [5.74, 6) is 0.691. The molecule has 0 spiro atoms. The topological polar surface area (TPSA) is 38.7 Å². The molecular formula is C55H35N3. The van der Waals surface area contributed by atoms with Crippen molar-refractivity contribution in [2.45, 2.75) is 0 Å². The monoisotopic (exact) mass is 737 g/mol. The van der Waals surface area contributed by atoms with Gasteiger partial charge in [-0.05, 0) is 107 Å². The van der Waals surface area contributed by atoms with E-state index >= 15 is 0 Å². The fourth-order valence-electron chi connectivity index (χ4n) is 8.40. The maximum Gasteiger partial charge on any atom is 0.160 e. The van der Waals surface area contributed by atoms with E-state index in [9.17, 15) is 0 Å². The van der Waals surface area contributed by atoms with Crippen LogP contribution < -0.4 is 0 Å². The summed E-state index contributed by atoms with van der Waals surface area (Å²) in [7, 11) is 0. The molecule has 2 heterocycles. The van der Waals surface area contributed by atoms with Crippen LogP contribution in [0.3, 0.4) is 0 Å². The van der Waals surface area contributed by atoms with Crippen molar-refractivity contribution >= 4 is 32.3 Å². The molecule has 0 bridgehead atoms. The highest BCUT2D eigenvalue weighted by atomic mass is 14.9. The summed E-state index contributed by atoms with van der Waals surface area (Å²) in [5, 5.41) is 7.62. The fraction of sp³-hybridized carbons (Fsp3) is 0. The maximum atomic E-state index is 5.30. The molecule has 11 rings (SSSR count). The molecule has 0 radical (unpaired) electrons. The van der Waals surface area contributed by atoms with Gasteiger partial charge in [-0.2, -0.15) is 0 Å². The fourth-order valence-corrected chi connectivity index (χ4v) is 8.40. The quantitative estimate of drug-likeness (QED) is 0.153. The van der Waals surface area contributed by atoms with E-state index in [1.807, 2.05) is 42.7 Å². The van der Waals surface area contributed by atoms with E-state index in [2.05, 4.69) is 175 Å². The molecular weight excluding hydrogens is 703 g/mol. The Hall–Kier alpha value is -7.75. The summed E-state index contributed by atoms with van der Waals surface area (Å²) in [6.45, 7) is 0. The first-order valence-corrected chi connectivity index (χ1v) is 19.7. The first-order valence-electron chi connectivity index (χ1n) is 19.7. The number of nitrogens with zero attached hydrogens (tertiary/aromatic N) is 3. The molecule has 0 atom stereocenters. The second kappa shape index (κ2) is 14.1. The van der Waals surface area contributed by atoms with Gasteiger partial charge >= 0.3 is 0 Å². The van der Waals surface area contributed by atoms with Crippen molar-refractivity contribution in [3.8, 4) is 78.4 Å². The molecule has 0 amide bonds. The zero-order valence-electron chi connectivity index (χ0n) is 31.5. The van der Waals surface area contributed by atoms with E-state index in [4.69, 9.17) is 9.97 Å². The number of rotatable bonds is 7. The molecule has 9 aromatic carbocycles. The highest BCUT2D eigenvalue weighted by Crippen LogP contribution is 2.42. The van der Waals surface area contributed by atoms with Crippen molar-refractivity contribution in [1.29, 1.82) is 0 Å². The van der Waals surface area contributed by atoms with Gasteiger partial charge in [-0.3, -0.25) is 4.98 Å². The van der Waals surface area contributed by atoms with Gasteiger partial charge in [0.25, 0.3) is 0 Å². The smallest absolute Gasteiger partial charge is 0.160 e. The molecule has 0 fully saturated rings. The Balaban J connectivity index is 1.11. The second-order valence-corrected chi connectivity index (χ2v) is 14.9. The van der Waals surface area contributed by atoms with Crippen molar-refractivity contribution < 1.29 is 0 Å². The number of hydrogen-bond donors (Lipinski definition) is 0. The molecule has 3 nitrogen and oxygen atoms in total. The van der Waals surface area contributed by atoms with Gasteiger partial charge in [0.15, 0.2) is 5.82 Å². The van der Waals surface area contributed by atoms with Gasteiger partial charge in [0.05, 0.1) is 11.4 Å². The third-order valence-corrected chi connectivity index (χ3v) is 11.3. The Morgan fingerprint density at radius 3 is 1.50 bits per heavy atom. The van der Waals surface area contributed by atoms with E-state index in [0.29, 0.717) is 5.82 Å². The zero-order chi connectivity index (χ0) is 38.4. The second-order valence-electron chi connectivity index (χ2n) is 14.9. The lowest BCUT2D eigenvalue weighted by Gasteiger charge is -2.17. The van der Waals surface area contributed by atoms with Gasteiger partial charge < -0.3 is 0 Å². The maximum absolute atomic E-state index is 5.30. The summed E-state index contributed by atoms with van der Waals surface area (Å²) in [6, 6.07) is 71.6. The molecule has 3 heteroatoms. The third-order valence-electron chi connectivity index (χ3n) is 11.3. The lowest BCUT2D eigenvalue weighted by atomic mass is 9.88. The van der Waals surface area contributed by atoms with Crippen LogP contribution in [-0.4, -0.2) is 15.0 Å². The summed E-state index contributed by atoms with van der Waals surface area (Å²) in [6.07, 6.45) is 3.72. The summed E-state index contributed by atoms with van der Waals surface area (Å²) in [5.41, 5.74) is 13.9. The normalized spacial score (nSPS) is 11.4. The van der Waals surface area contributed by atoms with Gasteiger partial charge in [-0.25, -0.2) is 9.97 Å². The van der Waals surface area contributed by atoms with Crippen molar-refractivity contribution in [2.75, 3.05) is 0 Å².